The van der Waals surface area contributed by atoms with Crippen molar-refractivity contribution in [1.29, 1.82) is 0 Å². The van der Waals surface area contributed by atoms with Gasteiger partial charge in [-0.25, -0.2) is 4.39 Å². The van der Waals surface area contributed by atoms with Crippen LogP contribution >= 0.6 is 0 Å². The van der Waals surface area contributed by atoms with E-state index in [2.05, 4.69) is 29.2 Å². The molecule has 0 aromatic heterocycles. The summed E-state index contributed by atoms with van der Waals surface area (Å²) in [5.41, 5.74) is 0.681. The molecule has 6 heteroatoms. The van der Waals surface area contributed by atoms with Crippen molar-refractivity contribution in [2.24, 2.45) is 11.8 Å². The third kappa shape index (κ3) is 5.35. The molecule has 0 heterocycles. The summed E-state index contributed by atoms with van der Waals surface area (Å²) < 4.78 is 14.3. The van der Waals surface area contributed by atoms with E-state index in [9.17, 15) is 14.0 Å². The van der Waals surface area contributed by atoms with E-state index < -0.39 is 0 Å². The number of amides is 1. The molecule has 2 aliphatic carbocycles. The van der Waals surface area contributed by atoms with Crippen molar-refractivity contribution in [2.75, 3.05) is 28.2 Å². The number of hydrogen-bond donors (Lipinski definition) is 1. The predicted octanol–water partition coefficient (Wildman–Crippen LogP) is 3.27. The van der Waals surface area contributed by atoms with Crippen molar-refractivity contribution < 1.29 is 14.0 Å². The molecule has 1 aromatic rings. The first-order chi connectivity index (χ1) is 14.6. The van der Waals surface area contributed by atoms with Crippen LogP contribution in [0.1, 0.15) is 51.0 Å². The Kier molecular flexibility index (Phi) is 7.53. The molecule has 0 spiro atoms. The summed E-state index contributed by atoms with van der Waals surface area (Å²) in [4.78, 5) is 28.8. The van der Waals surface area contributed by atoms with Crippen LogP contribution in [0.25, 0.3) is 0 Å². The highest BCUT2D eigenvalue weighted by Gasteiger charge is 2.45. The van der Waals surface area contributed by atoms with Crippen molar-refractivity contribution >= 4 is 11.7 Å². The van der Waals surface area contributed by atoms with Crippen LogP contribution in [0.15, 0.2) is 24.3 Å². The first kappa shape index (κ1) is 23.9. The number of benzene rings is 1. The molecule has 2 fully saturated rings. The van der Waals surface area contributed by atoms with Crippen LogP contribution in [0.2, 0.25) is 0 Å². The Morgan fingerprint density at radius 1 is 1.13 bits per heavy atom. The Labute approximate surface area is 186 Å². The van der Waals surface area contributed by atoms with E-state index in [1.54, 1.807) is 13.0 Å². The van der Waals surface area contributed by atoms with Crippen molar-refractivity contribution in [3.05, 3.63) is 35.6 Å². The van der Waals surface area contributed by atoms with E-state index in [1.807, 2.05) is 26.2 Å². The molecule has 0 bridgehead atoms. The number of rotatable bonds is 8. The molecule has 3 unspecified atom stereocenters. The molecule has 0 aliphatic heterocycles. The van der Waals surface area contributed by atoms with Gasteiger partial charge in [0.2, 0.25) is 5.91 Å². The zero-order valence-electron chi connectivity index (χ0n) is 19.7. The monoisotopic (exact) mass is 431 g/mol. The van der Waals surface area contributed by atoms with E-state index in [0.717, 1.165) is 37.7 Å². The number of nitrogens with one attached hydrogen (secondary N) is 1. The van der Waals surface area contributed by atoms with Gasteiger partial charge in [0.05, 0.1) is 0 Å². The fourth-order valence-electron chi connectivity index (χ4n) is 5.73. The van der Waals surface area contributed by atoms with Crippen LogP contribution in [-0.4, -0.2) is 67.3 Å². The molecule has 2 saturated carbocycles. The Morgan fingerprint density at radius 3 is 2.32 bits per heavy atom. The number of ketones is 1. The molecule has 0 saturated heterocycles. The number of carbonyl (C=O) groups excluding carboxylic acids is 2. The average Bonchev–Trinajstić information content (AvgIpc) is 2.67. The van der Waals surface area contributed by atoms with Gasteiger partial charge in [0.15, 0.2) is 0 Å². The van der Waals surface area contributed by atoms with Crippen LogP contribution < -0.4 is 5.32 Å². The van der Waals surface area contributed by atoms with Gasteiger partial charge in [-0.2, -0.15) is 0 Å². The lowest BCUT2D eigenvalue weighted by Crippen LogP contribution is -2.55. The third-order valence-electron chi connectivity index (χ3n) is 7.73. The van der Waals surface area contributed by atoms with Crippen molar-refractivity contribution in [3.63, 3.8) is 0 Å². The third-order valence-corrected chi connectivity index (χ3v) is 7.73. The molecule has 2 aliphatic rings. The van der Waals surface area contributed by atoms with E-state index in [0.29, 0.717) is 12.8 Å². The lowest BCUT2D eigenvalue weighted by Gasteiger charge is -2.47. The van der Waals surface area contributed by atoms with Crippen molar-refractivity contribution in [2.45, 2.75) is 69.5 Å². The van der Waals surface area contributed by atoms with Crippen molar-refractivity contribution in [3.8, 4) is 0 Å². The summed E-state index contributed by atoms with van der Waals surface area (Å²) in [6, 6.07) is 7.37. The van der Waals surface area contributed by atoms with Gasteiger partial charge in [-0.1, -0.05) is 18.2 Å². The van der Waals surface area contributed by atoms with Gasteiger partial charge >= 0.3 is 0 Å². The standard InChI is InChI=1S/C25H38FN3O2/c1-17(30)21-14-19(24(21)28(2)3)15-23(31)27-20-10-12-25(13-11-20,29(4)5)16-18-8-6-7-9-22(18)26/h6-9,19-21,24H,10-16H2,1-5H3,(H,27,31). The highest BCUT2D eigenvalue weighted by molar-refractivity contribution is 5.81. The predicted molar refractivity (Wildman–Crippen MR) is 121 cm³/mol. The van der Waals surface area contributed by atoms with E-state index in [1.165, 1.54) is 6.07 Å². The lowest BCUT2D eigenvalue weighted by molar-refractivity contribution is -0.134. The van der Waals surface area contributed by atoms with Gasteiger partial charge < -0.3 is 15.1 Å². The van der Waals surface area contributed by atoms with Crippen LogP contribution in [0, 0.1) is 17.7 Å². The number of Topliss-reactive ketones (excluding diaryl/α,β-unsaturated/α-hetero) is 1. The summed E-state index contributed by atoms with van der Waals surface area (Å²) in [5.74, 6) is 0.475. The molecule has 3 atom stereocenters. The Balaban J connectivity index is 1.53. The highest BCUT2D eigenvalue weighted by Crippen LogP contribution is 2.40. The second-order valence-electron chi connectivity index (χ2n) is 10.1. The Bertz CT molecular complexity index is 787. The van der Waals surface area contributed by atoms with Gasteiger partial charge in [0.25, 0.3) is 0 Å². The van der Waals surface area contributed by atoms with Crippen LogP contribution in [0.5, 0.6) is 0 Å². The molecule has 31 heavy (non-hydrogen) atoms. The molecular formula is C25H38FN3O2. The normalized spacial score (nSPS) is 30.8. The maximum absolute atomic E-state index is 14.3. The Morgan fingerprint density at radius 2 is 1.77 bits per heavy atom. The number of nitrogens with zero attached hydrogens (tertiary/aromatic N) is 2. The van der Waals surface area contributed by atoms with Gasteiger partial charge in [0, 0.05) is 30.0 Å². The summed E-state index contributed by atoms with van der Waals surface area (Å²) in [7, 11) is 8.12. The molecule has 1 amide bonds. The molecular weight excluding hydrogens is 393 g/mol. The fraction of sp³-hybridized carbons (Fsp3) is 0.680. The lowest BCUT2D eigenvalue weighted by atomic mass is 9.66. The highest BCUT2D eigenvalue weighted by atomic mass is 19.1. The van der Waals surface area contributed by atoms with E-state index in [4.69, 9.17) is 0 Å². The Hall–Kier alpha value is -1.79. The largest absolute Gasteiger partial charge is 0.353 e. The minimum atomic E-state index is -0.140. The second-order valence-corrected chi connectivity index (χ2v) is 10.1. The number of likely N-dealkylation sites (N-methyl/N-ethyl adjacent to an activating group) is 1. The first-order valence-electron chi connectivity index (χ1n) is 11.5. The van der Waals surface area contributed by atoms with Crippen LogP contribution in [0.4, 0.5) is 4.39 Å². The summed E-state index contributed by atoms with van der Waals surface area (Å²) in [5, 5.41) is 3.24. The summed E-state index contributed by atoms with van der Waals surface area (Å²) in [6.45, 7) is 1.65. The van der Waals surface area contributed by atoms with E-state index >= 15 is 0 Å². The quantitative estimate of drug-likeness (QED) is 0.686. The second kappa shape index (κ2) is 9.78. The molecule has 0 radical (unpaired) electrons. The smallest absolute Gasteiger partial charge is 0.220 e. The number of carbonyl (C=O) groups is 2. The number of halogens is 1. The zero-order valence-corrected chi connectivity index (χ0v) is 19.7. The molecule has 5 nitrogen and oxygen atoms in total. The maximum atomic E-state index is 14.3. The fourth-order valence-corrected chi connectivity index (χ4v) is 5.73. The minimum absolute atomic E-state index is 0.0570. The van der Waals surface area contributed by atoms with Crippen LogP contribution in [-0.2, 0) is 16.0 Å². The molecule has 1 aromatic carbocycles. The minimum Gasteiger partial charge on any atom is -0.353 e. The van der Waals surface area contributed by atoms with Gasteiger partial charge in [0.1, 0.15) is 11.6 Å². The number of hydrogen-bond acceptors (Lipinski definition) is 4. The van der Waals surface area contributed by atoms with Crippen molar-refractivity contribution in [1.82, 2.24) is 15.1 Å². The van der Waals surface area contributed by atoms with Crippen LogP contribution in [0.3, 0.4) is 0 Å². The molecule has 172 valence electrons. The van der Waals surface area contributed by atoms with E-state index in [-0.39, 0.29) is 47.0 Å². The van der Waals surface area contributed by atoms with Gasteiger partial charge in [-0.15, -0.1) is 0 Å². The topological polar surface area (TPSA) is 52.7 Å². The first-order valence-corrected chi connectivity index (χ1v) is 11.5. The SMILES string of the molecule is CC(=O)C1CC(CC(=O)NC2CCC(Cc3ccccc3F)(N(C)C)CC2)C1N(C)C. The molecule has 1 N–H and O–H groups in total. The summed E-state index contributed by atoms with van der Waals surface area (Å²) >= 11 is 0. The zero-order chi connectivity index (χ0) is 22.8. The molecule has 3 rings (SSSR count). The average molecular weight is 432 g/mol. The summed E-state index contributed by atoms with van der Waals surface area (Å²) in [6.07, 6.45) is 5.63. The van der Waals surface area contributed by atoms with Gasteiger partial charge in [-0.3, -0.25) is 9.59 Å². The maximum Gasteiger partial charge on any atom is 0.220 e. The van der Waals surface area contributed by atoms with Gasteiger partial charge in [-0.05, 0) is 91.2 Å².